The van der Waals surface area contributed by atoms with Gasteiger partial charge in [-0.05, 0) is 40.3 Å². The lowest BCUT2D eigenvalue weighted by atomic mass is 9.97. The van der Waals surface area contributed by atoms with Crippen LogP contribution in [0.4, 0.5) is 13.2 Å². The summed E-state index contributed by atoms with van der Waals surface area (Å²) >= 11 is 0. The second-order valence-corrected chi connectivity index (χ2v) is 8.79. The molecule has 1 nitrogen and oxygen atoms in total. The molecule has 0 spiro atoms. The van der Waals surface area contributed by atoms with Crippen LogP contribution in [0.15, 0.2) is 78.9 Å². The van der Waals surface area contributed by atoms with E-state index in [0.717, 1.165) is 24.0 Å². The zero-order valence-electron chi connectivity index (χ0n) is 19.4. The van der Waals surface area contributed by atoms with Crippen LogP contribution in [-0.4, -0.2) is 6.61 Å². The van der Waals surface area contributed by atoms with Gasteiger partial charge in [-0.25, -0.2) is 13.2 Å². The average molecular weight is 471 g/mol. The predicted octanol–water partition coefficient (Wildman–Crippen LogP) is 8.63. The molecular formula is C31H25F3O. The Kier molecular flexibility index (Phi) is 6.56. The summed E-state index contributed by atoms with van der Waals surface area (Å²) in [6.07, 6.45) is 5.55. The molecule has 0 aromatic heterocycles. The van der Waals surface area contributed by atoms with Gasteiger partial charge in [-0.15, -0.1) is 0 Å². The molecule has 5 rings (SSSR count). The van der Waals surface area contributed by atoms with Gasteiger partial charge in [-0.2, -0.15) is 0 Å². The van der Waals surface area contributed by atoms with Crippen molar-refractivity contribution in [3.8, 4) is 22.3 Å². The molecule has 0 radical (unpaired) electrons. The summed E-state index contributed by atoms with van der Waals surface area (Å²) < 4.78 is 49.3. The van der Waals surface area contributed by atoms with Crippen molar-refractivity contribution in [1.29, 1.82) is 0 Å². The van der Waals surface area contributed by atoms with Crippen LogP contribution in [0.1, 0.15) is 41.7 Å². The SMILES string of the molecule is CCCc1ccc(-c2ccc(-c3ccc(/C=C/c4ccc(C5CO5)c(F)c4)cc3)c(F)c2F)cc1. The van der Waals surface area contributed by atoms with E-state index in [4.69, 9.17) is 4.74 Å². The lowest BCUT2D eigenvalue weighted by Gasteiger charge is -2.10. The number of aryl methyl sites for hydroxylation is 1. The van der Waals surface area contributed by atoms with E-state index < -0.39 is 11.6 Å². The highest BCUT2D eigenvalue weighted by Crippen LogP contribution is 2.33. The Morgan fingerprint density at radius 2 is 1.29 bits per heavy atom. The molecule has 0 N–H and O–H groups in total. The summed E-state index contributed by atoms with van der Waals surface area (Å²) in [6, 6.07) is 23.1. The van der Waals surface area contributed by atoms with Crippen molar-refractivity contribution >= 4 is 12.2 Å². The second kappa shape index (κ2) is 9.93. The van der Waals surface area contributed by atoms with Gasteiger partial charge in [0.25, 0.3) is 0 Å². The fraction of sp³-hybridized carbons (Fsp3) is 0.161. The molecule has 1 unspecified atom stereocenters. The minimum absolute atomic E-state index is 0.119. The molecule has 0 saturated carbocycles. The summed E-state index contributed by atoms with van der Waals surface area (Å²) in [5.74, 6) is -1.99. The zero-order valence-corrected chi connectivity index (χ0v) is 19.4. The molecule has 4 heteroatoms. The van der Waals surface area contributed by atoms with E-state index in [2.05, 4.69) is 6.92 Å². The third-order valence-corrected chi connectivity index (χ3v) is 6.28. The lowest BCUT2D eigenvalue weighted by molar-refractivity contribution is 0.408. The molecule has 0 bridgehead atoms. The highest BCUT2D eigenvalue weighted by Gasteiger charge is 2.27. The first-order valence-electron chi connectivity index (χ1n) is 11.8. The van der Waals surface area contributed by atoms with Gasteiger partial charge in [-0.1, -0.05) is 98.3 Å². The maximum absolute atomic E-state index is 15.0. The van der Waals surface area contributed by atoms with Gasteiger partial charge in [0.05, 0.1) is 6.61 Å². The molecule has 1 fully saturated rings. The summed E-state index contributed by atoms with van der Waals surface area (Å²) in [5, 5.41) is 0. The second-order valence-electron chi connectivity index (χ2n) is 8.79. The van der Waals surface area contributed by atoms with Crippen LogP contribution in [-0.2, 0) is 11.2 Å². The molecule has 1 saturated heterocycles. The Labute approximate surface area is 203 Å². The minimum atomic E-state index is -0.862. The van der Waals surface area contributed by atoms with Crippen molar-refractivity contribution in [3.63, 3.8) is 0 Å². The van der Waals surface area contributed by atoms with Crippen molar-refractivity contribution in [3.05, 3.63) is 119 Å². The van der Waals surface area contributed by atoms with Gasteiger partial charge in [0, 0.05) is 16.7 Å². The van der Waals surface area contributed by atoms with E-state index in [-0.39, 0.29) is 23.0 Å². The van der Waals surface area contributed by atoms with Crippen LogP contribution in [0.25, 0.3) is 34.4 Å². The largest absolute Gasteiger partial charge is 0.368 e. The first kappa shape index (κ1) is 23.1. The van der Waals surface area contributed by atoms with Crippen molar-refractivity contribution in [2.45, 2.75) is 25.9 Å². The first-order chi connectivity index (χ1) is 17.0. The number of halogens is 3. The van der Waals surface area contributed by atoms with Crippen molar-refractivity contribution < 1.29 is 17.9 Å². The summed E-state index contributed by atoms with van der Waals surface area (Å²) in [7, 11) is 0. The Bertz CT molecular complexity index is 1370. The molecule has 35 heavy (non-hydrogen) atoms. The van der Waals surface area contributed by atoms with E-state index in [0.29, 0.717) is 23.3 Å². The first-order valence-corrected chi connectivity index (χ1v) is 11.8. The van der Waals surface area contributed by atoms with Crippen LogP contribution >= 0.6 is 0 Å². The Morgan fingerprint density at radius 1 is 0.743 bits per heavy atom. The average Bonchev–Trinajstić information content (AvgIpc) is 3.71. The molecule has 1 aliphatic rings. The minimum Gasteiger partial charge on any atom is -0.368 e. The molecule has 4 aromatic carbocycles. The van der Waals surface area contributed by atoms with Gasteiger partial charge < -0.3 is 4.74 Å². The van der Waals surface area contributed by atoms with Crippen LogP contribution in [0.3, 0.4) is 0 Å². The Hall–Kier alpha value is -3.63. The summed E-state index contributed by atoms with van der Waals surface area (Å²) in [5.41, 5.74) is 5.07. The van der Waals surface area contributed by atoms with Gasteiger partial charge >= 0.3 is 0 Å². The van der Waals surface area contributed by atoms with E-state index >= 15 is 4.39 Å². The molecule has 0 aliphatic carbocycles. The quantitative estimate of drug-likeness (QED) is 0.195. The number of hydrogen-bond acceptors (Lipinski definition) is 1. The number of hydrogen-bond donors (Lipinski definition) is 0. The number of rotatable bonds is 7. The number of benzene rings is 4. The van der Waals surface area contributed by atoms with Gasteiger partial charge in [0.1, 0.15) is 11.9 Å². The smallest absolute Gasteiger partial charge is 0.167 e. The maximum Gasteiger partial charge on any atom is 0.167 e. The van der Waals surface area contributed by atoms with Crippen LogP contribution < -0.4 is 0 Å². The normalized spacial score (nSPS) is 15.0. The van der Waals surface area contributed by atoms with Gasteiger partial charge in [0.2, 0.25) is 0 Å². The third-order valence-electron chi connectivity index (χ3n) is 6.28. The van der Waals surface area contributed by atoms with Gasteiger partial charge in [0.15, 0.2) is 11.6 Å². The standard InChI is InChI=1S/C31H25F3O/c1-2-3-20-6-11-23(12-7-20)25-16-17-26(31(34)30(25)33)24-13-8-21(9-14-24)4-5-22-10-15-27(28(32)18-22)29-19-35-29/h4-18,29H,2-3,19H2,1H3/b5-4+. The molecular weight excluding hydrogens is 445 g/mol. The van der Waals surface area contributed by atoms with E-state index in [9.17, 15) is 8.78 Å². The van der Waals surface area contributed by atoms with Crippen LogP contribution in [0.2, 0.25) is 0 Å². The Morgan fingerprint density at radius 3 is 1.83 bits per heavy atom. The number of ether oxygens (including phenoxy) is 1. The zero-order chi connectivity index (χ0) is 24.4. The highest BCUT2D eigenvalue weighted by atomic mass is 19.2. The molecule has 1 heterocycles. The van der Waals surface area contributed by atoms with Crippen molar-refractivity contribution in [2.75, 3.05) is 6.61 Å². The third kappa shape index (κ3) is 5.08. The van der Waals surface area contributed by atoms with E-state index in [1.54, 1.807) is 30.3 Å². The van der Waals surface area contributed by atoms with Crippen LogP contribution in [0.5, 0.6) is 0 Å². The summed E-state index contributed by atoms with van der Waals surface area (Å²) in [4.78, 5) is 0. The number of epoxide rings is 1. The fourth-order valence-electron chi connectivity index (χ4n) is 4.24. The van der Waals surface area contributed by atoms with E-state index in [1.165, 1.54) is 11.6 Å². The predicted molar refractivity (Wildman–Crippen MR) is 135 cm³/mol. The Balaban J connectivity index is 1.33. The topological polar surface area (TPSA) is 12.5 Å². The fourth-order valence-corrected chi connectivity index (χ4v) is 4.24. The summed E-state index contributed by atoms with van der Waals surface area (Å²) in [6.45, 7) is 2.67. The van der Waals surface area contributed by atoms with E-state index in [1.807, 2.05) is 54.6 Å². The molecule has 4 aromatic rings. The van der Waals surface area contributed by atoms with Crippen molar-refractivity contribution in [1.82, 2.24) is 0 Å². The lowest BCUT2D eigenvalue weighted by Crippen LogP contribution is -1.94. The monoisotopic (exact) mass is 470 g/mol. The molecule has 1 aliphatic heterocycles. The van der Waals surface area contributed by atoms with Gasteiger partial charge in [-0.3, -0.25) is 0 Å². The maximum atomic E-state index is 15.0. The molecule has 1 atom stereocenters. The molecule has 0 amide bonds. The highest BCUT2D eigenvalue weighted by molar-refractivity contribution is 5.74. The van der Waals surface area contributed by atoms with Crippen molar-refractivity contribution in [2.24, 2.45) is 0 Å². The van der Waals surface area contributed by atoms with Crippen LogP contribution in [0, 0.1) is 17.5 Å². The molecule has 176 valence electrons.